The van der Waals surface area contributed by atoms with Crippen molar-refractivity contribution in [3.05, 3.63) is 59.1 Å². The van der Waals surface area contributed by atoms with Gasteiger partial charge in [-0.15, -0.1) is 0 Å². The van der Waals surface area contributed by atoms with Gasteiger partial charge in [0.1, 0.15) is 0 Å². The number of benzene rings is 2. The molecule has 0 spiro atoms. The van der Waals surface area contributed by atoms with Crippen molar-refractivity contribution < 1.29 is 9.53 Å². The molecule has 0 atom stereocenters. The van der Waals surface area contributed by atoms with Gasteiger partial charge in [-0.3, -0.25) is 4.79 Å². The Morgan fingerprint density at radius 2 is 1.83 bits per heavy atom. The van der Waals surface area contributed by atoms with Crippen LogP contribution in [0.25, 0.3) is 0 Å². The molecule has 2 aromatic carbocycles. The highest BCUT2D eigenvalue weighted by Crippen LogP contribution is 2.28. The summed E-state index contributed by atoms with van der Waals surface area (Å²) >= 11 is 6.10. The van der Waals surface area contributed by atoms with E-state index in [9.17, 15) is 4.79 Å². The molecule has 1 aliphatic heterocycles. The molecular weight excluding hydrogens is 324 g/mol. The SMILES string of the molecule is O=C(Nc1cc(Cl)ccc1NCc1ccccc1)C1CCOCC1. The van der Waals surface area contributed by atoms with Crippen molar-refractivity contribution in [1.29, 1.82) is 0 Å². The predicted octanol–water partition coefficient (Wildman–Crippen LogP) is 4.32. The molecule has 0 bridgehead atoms. The van der Waals surface area contributed by atoms with Gasteiger partial charge in [0.2, 0.25) is 5.91 Å². The van der Waals surface area contributed by atoms with Gasteiger partial charge >= 0.3 is 0 Å². The van der Waals surface area contributed by atoms with Gasteiger partial charge < -0.3 is 15.4 Å². The van der Waals surface area contributed by atoms with Crippen molar-refractivity contribution in [3.8, 4) is 0 Å². The molecule has 0 aliphatic carbocycles. The smallest absolute Gasteiger partial charge is 0.227 e. The number of amides is 1. The first-order valence-electron chi connectivity index (χ1n) is 8.18. The number of hydrogen-bond acceptors (Lipinski definition) is 3. The van der Waals surface area contributed by atoms with Crippen LogP contribution in [0.2, 0.25) is 5.02 Å². The van der Waals surface area contributed by atoms with Crippen LogP contribution in [0.5, 0.6) is 0 Å². The van der Waals surface area contributed by atoms with E-state index in [1.54, 1.807) is 6.07 Å². The molecule has 2 N–H and O–H groups in total. The third kappa shape index (κ3) is 4.49. The summed E-state index contributed by atoms with van der Waals surface area (Å²) in [5, 5.41) is 6.98. The minimum absolute atomic E-state index is 0.000273. The molecule has 0 radical (unpaired) electrons. The lowest BCUT2D eigenvalue weighted by atomic mass is 9.99. The van der Waals surface area contributed by atoms with E-state index in [-0.39, 0.29) is 11.8 Å². The van der Waals surface area contributed by atoms with E-state index in [4.69, 9.17) is 16.3 Å². The maximum absolute atomic E-state index is 12.5. The average Bonchev–Trinajstić information content (AvgIpc) is 2.62. The molecular formula is C19H21ClN2O2. The lowest BCUT2D eigenvalue weighted by Gasteiger charge is -2.22. The normalized spacial score (nSPS) is 15.0. The highest BCUT2D eigenvalue weighted by molar-refractivity contribution is 6.31. The molecule has 3 rings (SSSR count). The van der Waals surface area contributed by atoms with Crippen LogP contribution < -0.4 is 10.6 Å². The van der Waals surface area contributed by atoms with E-state index in [1.165, 1.54) is 5.56 Å². The standard InChI is InChI=1S/C19H21ClN2O2/c20-16-6-7-17(21-13-14-4-2-1-3-5-14)18(12-16)22-19(23)15-8-10-24-11-9-15/h1-7,12,15,21H,8-11,13H2,(H,22,23). The number of rotatable bonds is 5. The number of carbonyl (C=O) groups excluding carboxylic acids is 1. The van der Waals surface area contributed by atoms with Gasteiger partial charge in [0, 0.05) is 30.7 Å². The van der Waals surface area contributed by atoms with Gasteiger partial charge in [0.15, 0.2) is 0 Å². The van der Waals surface area contributed by atoms with Gasteiger partial charge in [-0.25, -0.2) is 0 Å². The fourth-order valence-electron chi connectivity index (χ4n) is 2.76. The van der Waals surface area contributed by atoms with Crippen LogP contribution in [0, 0.1) is 5.92 Å². The van der Waals surface area contributed by atoms with Gasteiger partial charge in [0.05, 0.1) is 11.4 Å². The first-order valence-corrected chi connectivity index (χ1v) is 8.56. The Morgan fingerprint density at radius 3 is 2.58 bits per heavy atom. The summed E-state index contributed by atoms with van der Waals surface area (Å²) in [6.07, 6.45) is 1.53. The molecule has 1 fully saturated rings. The maximum Gasteiger partial charge on any atom is 0.227 e. The summed E-state index contributed by atoms with van der Waals surface area (Å²) in [6, 6.07) is 15.6. The minimum atomic E-state index is -0.000273. The zero-order valence-corrected chi connectivity index (χ0v) is 14.2. The molecule has 126 valence electrons. The quantitative estimate of drug-likeness (QED) is 0.849. The number of hydrogen-bond donors (Lipinski definition) is 2. The van der Waals surface area contributed by atoms with Crippen LogP contribution in [0.4, 0.5) is 11.4 Å². The predicted molar refractivity (Wildman–Crippen MR) is 97.4 cm³/mol. The zero-order valence-electron chi connectivity index (χ0n) is 13.4. The Bertz CT molecular complexity index is 685. The summed E-state index contributed by atoms with van der Waals surface area (Å²) in [7, 11) is 0. The number of nitrogens with one attached hydrogen (secondary N) is 2. The highest BCUT2D eigenvalue weighted by atomic mass is 35.5. The van der Waals surface area contributed by atoms with Crippen LogP contribution in [-0.2, 0) is 16.1 Å². The van der Waals surface area contributed by atoms with E-state index in [0.717, 1.165) is 24.2 Å². The van der Waals surface area contributed by atoms with Gasteiger partial charge in [-0.2, -0.15) is 0 Å². The molecule has 2 aromatic rings. The van der Waals surface area contributed by atoms with Crippen molar-refractivity contribution in [3.63, 3.8) is 0 Å². The van der Waals surface area contributed by atoms with Crippen LogP contribution >= 0.6 is 11.6 Å². The Balaban J connectivity index is 1.69. The lowest BCUT2D eigenvalue weighted by Crippen LogP contribution is -2.28. The highest BCUT2D eigenvalue weighted by Gasteiger charge is 2.22. The minimum Gasteiger partial charge on any atom is -0.381 e. The van der Waals surface area contributed by atoms with Crippen LogP contribution in [0.3, 0.4) is 0 Å². The van der Waals surface area contributed by atoms with Crippen molar-refractivity contribution >= 4 is 28.9 Å². The molecule has 0 aromatic heterocycles. The molecule has 5 heteroatoms. The van der Waals surface area contributed by atoms with Crippen molar-refractivity contribution in [2.24, 2.45) is 5.92 Å². The largest absolute Gasteiger partial charge is 0.381 e. The lowest BCUT2D eigenvalue weighted by molar-refractivity contribution is -0.122. The second kappa shape index (κ2) is 8.18. The number of halogens is 1. The van der Waals surface area contributed by atoms with E-state index in [2.05, 4.69) is 22.8 Å². The summed E-state index contributed by atoms with van der Waals surface area (Å²) in [5.41, 5.74) is 2.76. The topological polar surface area (TPSA) is 50.4 Å². The second-order valence-corrected chi connectivity index (χ2v) is 6.34. The van der Waals surface area contributed by atoms with Crippen molar-refractivity contribution in [1.82, 2.24) is 0 Å². The molecule has 0 unspecified atom stereocenters. The van der Waals surface area contributed by atoms with E-state index >= 15 is 0 Å². The third-order valence-corrected chi connectivity index (χ3v) is 4.39. The summed E-state index contributed by atoms with van der Waals surface area (Å²) in [5.74, 6) is 0.0306. The monoisotopic (exact) mass is 344 g/mol. The van der Waals surface area contributed by atoms with Crippen molar-refractivity contribution in [2.45, 2.75) is 19.4 Å². The molecule has 1 amide bonds. The average molecular weight is 345 g/mol. The van der Waals surface area contributed by atoms with Crippen LogP contribution in [0.1, 0.15) is 18.4 Å². The van der Waals surface area contributed by atoms with Gasteiger partial charge in [0.25, 0.3) is 0 Å². The molecule has 4 nitrogen and oxygen atoms in total. The Hall–Kier alpha value is -2.04. The zero-order chi connectivity index (χ0) is 16.8. The first-order chi connectivity index (χ1) is 11.7. The van der Waals surface area contributed by atoms with E-state index in [1.807, 2.05) is 30.3 Å². The van der Waals surface area contributed by atoms with Gasteiger partial charge in [-0.1, -0.05) is 41.9 Å². The second-order valence-electron chi connectivity index (χ2n) is 5.90. The Labute approximate surface area is 147 Å². The summed E-state index contributed by atoms with van der Waals surface area (Å²) in [4.78, 5) is 12.5. The number of ether oxygens (including phenoxy) is 1. The fourth-order valence-corrected chi connectivity index (χ4v) is 2.93. The molecule has 0 saturated carbocycles. The molecule has 1 heterocycles. The van der Waals surface area contributed by atoms with E-state index < -0.39 is 0 Å². The summed E-state index contributed by atoms with van der Waals surface area (Å²) < 4.78 is 5.32. The van der Waals surface area contributed by atoms with Crippen LogP contribution in [-0.4, -0.2) is 19.1 Å². The van der Waals surface area contributed by atoms with Crippen molar-refractivity contribution in [2.75, 3.05) is 23.8 Å². The molecule has 1 aliphatic rings. The maximum atomic E-state index is 12.5. The third-order valence-electron chi connectivity index (χ3n) is 4.16. The van der Waals surface area contributed by atoms with E-state index in [0.29, 0.717) is 24.8 Å². The number of anilines is 2. The van der Waals surface area contributed by atoms with Gasteiger partial charge in [-0.05, 0) is 36.6 Å². The first kappa shape index (κ1) is 16.8. The molecule has 24 heavy (non-hydrogen) atoms. The fraction of sp³-hybridized carbons (Fsp3) is 0.316. The molecule has 1 saturated heterocycles. The summed E-state index contributed by atoms with van der Waals surface area (Å²) in [6.45, 7) is 1.97. The Morgan fingerprint density at radius 1 is 1.08 bits per heavy atom. The number of carbonyl (C=O) groups is 1. The van der Waals surface area contributed by atoms with Crippen LogP contribution in [0.15, 0.2) is 48.5 Å². The Kier molecular flexibility index (Phi) is 5.72.